The third-order valence-electron chi connectivity index (χ3n) is 3.99. The van der Waals surface area contributed by atoms with E-state index < -0.39 is 0 Å². The average molecular weight is 381 g/mol. The van der Waals surface area contributed by atoms with Gasteiger partial charge in [-0.25, -0.2) is 4.98 Å². The number of amides is 2. The quantitative estimate of drug-likeness (QED) is 0.671. The average Bonchev–Trinajstić information content (AvgIpc) is 3.03. The summed E-state index contributed by atoms with van der Waals surface area (Å²) in [5.41, 5.74) is 2.98. The number of carbonyl (C=O) groups is 3. The highest BCUT2D eigenvalue weighted by atomic mass is 32.1. The van der Waals surface area contributed by atoms with Gasteiger partial charge in [-0.3, -0.25) is 9.59 Å². The van der Waals surface area contributed by atoms with Crippen molar-refractivity contribution in [2.75, 3.05) is 10.6 Å². The van der Waals surface area contributed by atoms with Crippen LogP contribution in [-0.2, 0) is 9.59 Å². The van der Waals surface area contributed by atoms with Crippen LogP contribution in [0.2, 0.25) is 0 Å². The van der Waals surface area contributed by atoms with Gasteiger partial charge in [0.2, 0.25) is 5.91 Å². The third-order valence-corrected chi connectivity index (χ3v) is 4.93. The number of para-hydroxylation sites is 1. The first-order valence-corrected chi connectivity index (χ1v) is 9.31. The molecule has 0 atom stereocenters. The van der Waals surface area contributed by atoms with Crippen LogP contribution >= 0.6 is 11.3 Å². The lowest BCUT2D eigenvalue weighted by Gasteiger charge is -2.07. The van der Waals surface area contributed by atoms with Crippen LogP contribution in [0.1, 0.15) is 35.7 Å². The van der Waals surface area contributed by atoms with E-state index >= 15 is 0 Å². The molecule has 0 aliphatic rings. The van der Waals surface area contributed by atoms with E-state index in [1.54, 1.807) is 18.2 Å². The van der Waals surface area contributed by atoms with E-state index in [-0.39, 0.29) is 30.4 Å². The Labute approximate surface area is 160 Å². The molecule has 138 valence electrons. The second-order valence-electron chi connectivity index (χ2n) is 6.22. The summed E-state index contributed by atoms with van der Waals surface area (Å²) >= 11 is 1.29. The van der Waals surface area contributed by atoms with Gasteiger partial charge >= 0.3 is 0 Å². The van der Waals surface area contributed by atoms with Crippen molar-refractivity contribution in [3.8, 4) is 0 Å². The number of hydrogen-bond acceptors (Lipinski definition) is 5. The summed E-state index contributed by atoms with van der Waals surface area (Å²) in [7, 11) is 0. The highest BCUT2D eigenvalue weighted by Gasteiger charge is 2.12. The van der Waals surface area contributed by atoms with Crippen molar-refractivity contribution in [3.63, 3.8) is 0 Å². The smallest absolute Gasteiger partial charge is 0.255 e. The van der Waals surface area contributed by atoms with Crippen molar-refractivity contribution < 1.29 is 14.4 Å². The lowest BCUT2D eigenvalue weighted by Crippen LogP contribution is -2.12. The number of anilines is 2. The minimum Gasteiger partial charge on any atom is -0.322 e. The van der Waals surface area contributed by atoms with Gasteiger partial charge < -0.3 is 15.4 Å². The summed E-state index contributed by atoms with van der Waals surface area (Å²) in [5.74, 6) is -0.479. The standard InChI is InChI=1S/C20H19N3O3S/c1-12-5-3-4-6-15(12)21-19(26)14-8-9-16-17(11-14)27-20(22-16)23-18(25)10-7-13(2)24/h3-6,8-9,11H,7,10H2,1-2H3,(H,21,26)(H,22,23,25). The van der Waals surface area contributed by atoms with Crippen molar-refractivity contribution in [1.82, 2.24) is 4.98 Å². The summed E-state index contributed by atoms with van der Waals surface area (Å²) in [6.07, 6.45) is 0.343. The normalized spacial score (nSPS) is 10.6. The summed E-state index contributed by atoms with van der Waals surface area (Å²) in [6, 6.07) is 12.8. The van der Waals surface area contributed by atoms with Crippen LogP contribution in [0.4, 0.5) is 10.8 Å². The zero-order valence-electron chi connectivity index (χ0n) is 15.0. The number of Topliss-reactive ketones (excluding diaryl/α,β-unsaturated/α-hetero) is 1. The fraction of sp³-hybridized carbons (Fsp3) is 0.200. The van der Waals surface area contributed by atoms with Crippen molar-refractivity contribution in [3.05, 3.63) is 53.6 Å². The molecule has 1 aromatic heterocycles. The first-order valence-electron chi connectivity index (χ1n) is 8.49. The minimum atomic E-state index is -0.248. The zero-order valence-corrected chi connectivity index (χ0v) is 15.9. The Hall–Kier alpha value is -3.06. The third kappa shape index (κ3) is 4.77. The Morgan fingerprint density at radius 3 is 2.56 bits per heavy atom. The topological polar surface area (TPSA) is 88.2 Å². The van der Waals surface area contributed by atoms with Gasteiger partial charge in [-0.15, -0.1) is 0 Å². The first-order chi connectivity index (χ1) is 12.9. The number of fused-ring (bicyclic) bond motifs is 1. The van der Waals surface area contributed by atoms with E-state index in [0.717, 1.165) is 16.0 Å². The number of carbonyl (C=O) groups excluding carboxylic acids is 3. The Morgan fingerprint density at radius 2 is 1.81 bits per heavy atom. The molecular formula is C20H19N3O3S. The van der Waals surface area contributed by atoms with Crippen LogP contribution in [0.15, 0.2) is 42.5 Å². The molecule has 0 bridgehead atoms. The molecule has 0 spiro atoms. The lowest BCUT2D eigenvalue weighted by molar-refractivity contribution is -0.121. The molecule has 0 saturated carbocycles. The number of nitrogens with zero attached hydrogens (tertiary/aromatic N) is 1. The molecule has 6 nitrogen and oxygen atoms in total. The first kappa shape index (κ1) is 18.7. The molecule has 27 heavy (non-hydrogen) atoms. The molecule has 0 aliphatic carbocycles. The van der Waals surface area contributed by atoms with Crippen molar-refractivity contribution in [2.24, 2.45) is 0 Å². The lowest BCUT2D eigenvalue weighted by atomic mass is 10.1. The van der Waals surface area contributed by atoms with E-state index in [4.69, 9.17) is 0 Å². The number of aromatic nitrogens is 1. The molecule has 7 heteroatoms. The number of nitrogens with one attached hydrogen (secondary N) is 2. The number of thiazole rings is 1. The number of ketones is 1. The number of benzene rings is 2. The van der Waals surface area contributed by atoms with Crippen LogP contribution in [-0.4, -0.2) is 22.6 Å². The fourth-order valence-electron chi connectivity index (χ4n) is 2.50. The SMILES string of the molecule is CC(=O)CCC(=O)Nc1nc2ccc(C(=O)Nc3ccccc3C)cc2s1. The molecule has 3 rings (SSSR count). The molecule has 2 aromatic carbocycles. The van der Waals surface area contributed by atoms with Crippen molar-refractivity contribution in [2.45, 2.75) is 26.7 Å². The molecule has 2 amide bonds. The highest BCUT2D eigenvalue weighted by Crippen LogP contribution is 2.27. The van der Waals surface area contributed by atoms with Crippen LogP contribution in [0.25, 0.3) is 10.2 Å². The molecule has 0 fully saturated rings. The zero-order chi connectivity index (χ0) is 19.4. The maximum Gasteiger partial charge on any atom is 0.255 e. The Balaban J connectivity index is 1.73. The Morgan fingerprint density at radius 1 is 1.04 bits per heavy atom. The summed E-state index contributed by atoms with van der Waals surface area (Å²) in [4.78, 5) is 39.7. The predicted molar refractivity (Wildman–Crippen MR) is 107 cm³/mol. The molecule has 0 aliphatic heterocycles. The Bertz CT molecular complexity index is 1030. The van der Waals surface area contributed by atoms with E-state index in [1.807, 2.05) is 31.2 Å². The summed E-state index contributed by atoms with van der Waals surface area (Å²) in [6.45, 7) is 3.39. The van der Waals surface area contributed by atoms with E-state index in [1.165, 1.54) is 18.3 Å². The van der Waals surface area contributed by atoms with Gasteiger partial charge in [-0.2, -0.15) is 0 Å². The summed E-state index contributed by atoms with van der Waals surface area (Å²) < 4.78 is 0.800. The molecule has 0 unspecified atom stereocenters. The maximum absolute atomic E-state index is 12.5. The molecule has 1 heterocycles. The molecule has 0 radical (unpaired) electrons. The summed E-state index contributed by atoms with van der Waals surface area (Å²) in [5, 5.41) is 6.05. The maximum atomic E-state index is 12.5. The second kappa shape index (κ2) is 8.09. The number of aryl methyl sites for hydroxylation is 1. The Kier molecular flexibility index (Phi) is 5.61. The number of hydrogen-bond donors (Lipinski definition) is 2. The van der Waals surface area contributed by atoms with E-state index in [9.17, 15) is 14.4 Å². The van der Waals surface area contributed by atoms with Crippen LogP contribution in [0.3, 0.4) is 0 Å². The monoisotopic (exact) mass is 381 g/mol. The van der Waals surface area contributed by atoms with E-state index in [0.29, 0.717) is 16.2 Å². The van der Waals surface area contributed by atoms with Gasteiger partial charge in [0, 0.05) is 24.1 Å². The van der Waals surface area contributed by atoms with Crippen molar-refractivity contribution >= 4 is 50.0 Å². The predicted octanol–water partition coefficient (Wildman–Crippen LogP) is 4.16. The minimum absolute atomic E-state index is 0.0289. The second-order valence-corrected chi connectivity index (χ2v) is 7.25. The molecular weight excluding hydrogens is 362 g/mol. The van der Waals surface area contributed by atoms with Gasteiger partial charge in [0.05, 0.1) is 10.2 Å². The van der Waals surface area contributed by atoms with Gasteiger partial charge in [0.15, 0.2) is 5.13 Å². The largest absolute Gasteiger partial charge is 0.322 e. The number of rotatable bonds is 6. The fourth-order valence-corrected chi connectivity index (χ4v) is 3.42. The van der Waals surface area contributed by atoms with E-state index in [2.05, 4.69) is 15.6 Å². The highest BCUT2D eigenvalue weighted by molar-refractivity contribution is 7.22. The van der Waals surface area contributed by atoms with Gasteiger partial charge in [0.1, 0.15) is 5.78 Å². The van der Waals surface area contributed by atoms with Crippen LogP contribution in [0.5, 0.6) is 0 Å². The molecule has 3 aromatic rings. The van der Waals surface area contributed by atoms with Crippen LogP contribution < -0.4 is 10.6 Å². The molecule has 0 saturated heterocycles. The van der Waals surface area contributed by atoms with Gasteiger partial charge in [0.25, 0.3) is 5.91 Å². The van der Waals surface area contributed by atoms with Crippen LogP contribution in [0, 0.1) is 6.92 Å². The van der Waals surface area contributed by atoms with Gasteiger partial charge in [-0.05, 0) is 43.7 Å². The molecule has 2 N–H and O–H groups in total. The van der Waals surface area contributed by atoms with Crippen molar-refractivity contribution in [1.29, 1.82) is 0 Å². The van der Waals surface area contributed by atoms with Gasteiger partial charge in [-0.1, -0.05) is 29.5 Å².